The minimum absolute atomic E-state index is 0.0224. The van der Waals surface area contributed by atoms with Gasteiger partial charge in [0.2, 0.25) is 17.7 Å². The van der Waals surface area contributed by atoms with Crippen molar-refractivity contribution in [3.05, 3.63) is 0 Å². The Labute approximate surface area is 169 Å². The molecule has 12 nitrogen and oxygen atoms in total. The van der Waals surface area contributed by atoms with Gasteiger partial charge >= 0.3 is 5.97 Å². The summed E-state index contributed by atoms with van der Waals surface area (Å²) >= 11 is 0. The summed E-state index contributed by atoms with van der Waals surface area (Å²) in [6.45, 7) is 3.88. The third kappa shape index (κ3) is 12.2. The van der Waals surface area contributed by atoms with Crippen LogP contribution in [0.4, 0.5) is 0 Å². The minimum Gasteiger partial charge on any atom is -0.480 e. The topological polar surface area (TPSA) is 229 Å². The van der Waals surface area contributed by atoms with E-state index < -0.39 is 41.8 Å². The standard InChI is InChI=1S/C17H33N7O5/c1-9(2)8-12(16(28)29)24-15(27)11(4-3-7-22-17(20)21)23-14(26)10(18)5-6-13(19)25/h9-12H,3-8,18H2,1-2H3,(H2,19,25)(H,23,26)(H,24,27)(H,28,29)(H4,20,21,22)/t10-,11-,12-/m0/s1. The molecular formula is C17H33N7O5. The number of hydrogen-bond donors (Lipinski definition) is 7. The summed E-state index contributed by atoms with van der Waals surface area (Å²) in [6.07, 6.45) is 0.688. The van der Waals surface area contributed by atoms with Crippen LogP contribution in [0, 0.1) is 5.92 Å². The maximum absolute atomic E-state index is 12.6. The molecule has 0 fully saturated rings. The number of aliphatic carboxylic acids is 1. The molecule has 0 unspecified atom stereocenters. The van der Waals surface area contributed by atoms with Gasteiger partial charge in [0.25, 0.3) is 0 Å². The zero-order chi connectivity index (χ0) is 22.6. The molecule has 0 aromatic carbocycles. The molecule has 0 heterocycles. The van der Waals surface area contributed by atoms with Gasteiger partial charge in [0.1, 0.15) is 12.1 Å². The van der Waals surface area contributed by atoms with Crippen molar-refractivity contribution < 1.29 is 24.3 Å². The van der Waals surface area contributed by atoms with E-state index in [0.29, 0.717) is 6.42 Å². The van der Waals surface area contributed by atoms with E-state index in [-0.39, 0.29) is 44.1 Å². The fourth-order valence-corrected chi connectivity index (χ4v) is 2.45. The van der Waals surface area contributed by atoms with Crippen LogP contribution < -0.4 is 33.6 Å². The molecule has 0 rings (SSSR count). The largest absolute Gasteiger partial charge is 0.480 e. The van der Waals surface area contributed by atoms with Gasteiger partial charge in [-0.15, -0.1) is 0 Å². The summed E-state index contributed by atoms with van der Waals surface area (Å²) < 4.78 is 0. The number of hydrogen-bond acceptors (Lipinski definition) is 6. The number of rotatable bonds is 14. The molecule has 29 heavy (non-hydrogen) atoms. The van der Waals surface area contributed by atoms with Crippen LogP contribution in [0.5, 0.6) is 0 Å². The number of carbonyl (C=O) groups excluding carboxylic acids is 3. The van der Waals surface area contributed by atoms with E-state index in [1.807, 2.05) is 13.8 Å². The molecule has 0 bridgehead atoms. The molecule has 0 saturated carbocycles. The lowest BCUT2D eigenvalue weighted by Gasteiger charge is -2.23. The summed E-state index contributed by atoms with van der Waals surface area (Å²) in [5, 5.41) is 14.2. The highest BCUT2D eigenvalue weighted by atomic mass is 16.4. The summed E-state index contributed by atoms with van der Waals surface area (Å²) in [4.78, 5) is 50.9. The van der Waals surface area contributed by atoms with Gasteiger partial charge in [-0.2, -0.15) is 0 Å². The SMILES string of the molecule is CC(C)C[C@H](NC(=O)[C@H](CCCN=C(N)N)NC(=O)[C@@H](N)CCC(N)=O)C(=O)O. The fraction of sp³-hybridized carbons (Fsp3) is 0.706. The van der Waals surface area contributed by atoms with Crippen molar-refractivity contribution in [1.29, 1.82) is 0 Å². The van der Waals surface area contributed by atoms with E-state index >= 15 is 0 Å². The number of nitrogens with one attached hydrogen (secondary N) is 2. The molecule has 0 spiro atoms. The molecule has 11 N–H and O–H groups in total. The third-order valence-electron chi connectivity index (χ3n) is 3.94. The molecule has 3 atom stereocenters. The van der Waals surface area contributed by atoms with Gasteiger partial charge in [-0.1, -0.05) is 13.8 Å². The van der Waals surface area contributed by atoms with Crippen LogP contribution in [0.1, 0.15) is 46.0 Å². The molecular weight excluding hydrogens is 382 g/mol. The molecule has 0 radical (unpaired) electrons. The van der Waals surface area contributed by atoms with Crippen LogP contribution in [-0.4, -0.2) is 59.4 Å². The average Bonchev–Trinajstić information content (AvgIpc) is 2.60. The highest BCUT2D eigenvalue weighted by Crippen LogP contribution is 2.07. The molecule has 0 aromatic heterocycles. The predicted octanol–water partition coefficient (Wildman–Crippen LogP) is -2.27. The highest BCUT2D eigenvalue weighted by molar-refractivity contribution is 5.91. The lowest BCUT2D eigenvalue weighted by molar-refractivity contribution is -0.142. The maximum atomic E-state index is 12.6. The maximum Gasteiger partial charge on any atom is 0.326 e. The van der Waals surface area contributed by atoms with Gasteiger partial charge < -0.3 is 38.7 Å². The van der Waals surface area contributed by atoms with Crippen molar-refractivity contribution in [2.75, 3.05) is 6.54 Å². The molecule has 0 aliphatic rings. The third-order valence-corrected chi connectivity index (χ3v) is 3.94. The van der Waals surface area contributed by atoms with E-state index in [1.54, 1.807) is 0 Å². The Morgan fingerprint density at radius 3 is 2.03 bits per heavy atom. The van der Waals surface area contributed by atoms with Crippen molar-refractivity contribution in [2.45, 2.75) is 64.1 Å². The zero-order valence-electron chi connectivity index (χ0n) is 16.9. The van der Waals surface area contributed by atoms with Crippen LogP contribution in [0.15, 0.2) is 4.99 Å². The van der Waals surface area contributed by atoms with Gasteiger partial charge in [0.05, 0.1) is 6.04 Å². The van der Waals surface area contributed by atoms with E-state index in [9.17, 15) is 24.3 Å². The highest BCUT2D eigenvalue weighted by Gasteiger charge is 2.28. The van der Waals surface area contributed by atoms with Crippen LogP contribution in [0.25, 0.3) is 0 Å². The number of carbonyl (C=O) groups is 4. The molecule has 0 aromatic rings. The lowest BCUT2D eigenvalue weighted by Crippen LogP contribution is -2.54. The molecule has 0 aliphatic heterocycles. The Morgan fingerprint density at radius 2 is 1.55 bits per heavy atom. The van der Waals surface area contributed by atoms with Crippen LogP contribution >= 0.6 is 0 Å². The molecule has 166 valence electrons. The Morgan fingerprint density at radius 1 is 0.966 bits per heavy atom. The zero-order valence-corrected chi connectivity index (χ0v) is 16.9. The Balaban J connectivity index is 5.11. The van der Waals surface area contributed by atoms with Gasteiger partial charge in [-0.05, 0) is 31.6 Å². The number of carboxylic acid groups (broad SMARTS) is 1. The molecule has 3 amide bonds. The number of aliphatic imine (C=N–C) groups is 1. The van der Waals surface area contributed by atoms with E-state index in [1.165, 1.54) is 0 Å². The van der Waals surface area contributed by atoms with Crippen LogP contribution in [0.2, 0.25) is 0 Å². The van der Waals surface area contributed by atoms with Gasteiger partial charge in [-0.3, -0.25) is 19.4 Å². The number of carboxylic acids is 1. The normalized spacial score (nSPS) is 13.8. The van der Waals surface area contributed by atoms with Crippen molar-refractivity contribution >= 4 is 29.7 Å². The second kappa shape index (κ2) is 13.3. The van der Waals surface area contributed by atoms with Gasteiger partial charge in [0.15, 0.2) is 5.96 Å². The fourth-order valence-electron chi connectivity index (χ4n) is 2.45. The Kier molecular flexibility index (Phi) is 12.0. The number of primary amides is 1. The predicted molar refractivity (Wildman–Crippen MR) is 107 cm³/mol. The van der Waals surface area contributed by atoms with Gasteiger partial charge in [0, 0.05) is 13.0 Å². The van der Waals surface area contributed by atoms with Crippen molar-refractivity contribution in [3.8, 4) is 0 Å². The van der Waals surface area contributed by atoms with Gasteiger partial charge in [-0.25, -0.2) is 4.79 Å². The first kappa shape index (κ1) is 26.1. The first-order chi connectivity index (χ1) is 13.4. The monoisotopic (exact) mass is 415 g/mol. The van der Waals surface area contributed by atoms with Crippen molar-refractivity contribution in [2.24, 2.45) is 33.8 Å². The van der Waals surface area contributed by atoms with Crippen LogP contribution in [0.3, 0.4) is 0 Å². The summed E-state index contributed by atoms with van der Waals surface area (Å²) in [5.41, 5.74) is 21.3. The number of amides is 3. The van der Waals surface area contributed by atoms with Crippen molar-refractivity contribution in [1.82, 2.24) is 10.6 Å². The average molecular weight is 415 g/mol. The van der Waals surface area contributed by atoms with E-state index in [4.69, 9.17) is 22.9 Å². The summed E-state index contributed by atoms with van der Waals surface area (Å²) in [6, 6.07) is -3.17. The minimum atomic E-state index is -1.17. The Hall–Kier alpha value is -2.89. The second-order valence-corrected chi connectivity index (χ2v) is 7.15. The smallest absolute Gasteiger partial charge is 0.326 e. The van der Waals surface area contributed by atoms with E-state index in [2.05, 4.69) is 15.6 Å². The van der Waals surface area contributed by atoms with Crippen LogP contribution in [-0.2, 0) is 19.2 Å². The second-order valence-electron chi connectivity index (χ2n) is 7.15. The first-order valence-corrected chi connectivity index (χ1v) is 9.36. The molecule has 0 aliphatic carbocycles. The molecule has 12 heteroatoms. The first-order valence-electron chi connectivity index (χ1n) is 9.36. The molecule has 0 saturated heterocycles. The summed E-state index contributed by atoms with van der Waals surface area (Å²) in [5.74, 6) is -3.14. The number of nitrogens with zero attached hydrogens (tertiary/aromatic N) is 1. The van der Waals surface area contributed by atoms with E-state index in [0.717, 1.165) is 0 Å². The van der Waals surface area contributed by atoms with Crippen molar-refractivity contribution in [3.63, 3.8) is 0 Å². The quantitative estimate of drug-likeness (QED) is 0.0926. The number of nitrogens with two attached hydrogens (primary N) is 4. The number of guanidine groups is 1. The Bertz CT molecular complexity index is 605. The summed E-state index contributed by atoms with van der Waals surface area (Å²) in [7, 11) is 0. The lowest BCUT2D eigenvalue weighted by atomic mass is 10.0.